The number of fused-ring (bicyclic) bond motifs is 1. The van der Waals surface area contributed by atoms with Gasteiger partial charge in [0.25, 0.3) is 0 Å². The molecule has 2 atom stereocenters. The fraction of sp³-hybridized carbons (Fsp3) is 0.556. The third-order valence-electron chi connectivity index (χ3n) is 5.05. The number of likely N-dealkylation sites (tertiary alicyclic amines) is 1. The molecule has 2 aliphatic rings. The lowest BCUT2D eigenvalue weighted by molar-refractivity contribution is -0.135. The van der Waals surface area contributed by atoms with Crippen LogP contribution in [0.15, 0.2) is 17.5 Å². The third-order valence-corrected chi connectivity index (χ3v) is 6.05. The molecule has 5 nitrogen and oxygen atoms in total. The second-order valence-corrected chi connectivity index (χ2v) is 7.77. The molecule has 2 aliphatic heterocycles. The van der Waals surface area contributed by atoms with Crippen LogP contribution in [0.25, 0.3) is 0 Å². The van der Waals surface area contributed by atoms with E-state index in [2.05, 4.69) is 27.7 Å². The summed E-state index contributed by atoms with van der Waals surface area (Å²) in [5, 5.41) is 9.50. The Balaban J connectivity index is 1.42. The summed E-state index contributed by atoms with van der Waals surface area (Å²) in [6.45, 7) is 4.36. The first-order chi connectivity index (χ1) is 11.7. The highest BCUT2D eigenvalue weighted by Crippen LogP contribution is 2.34. The van der Waals surface area contributed by atoms with Gasteiger partial charge in [0.05, 0.1) is 24.8 Å². The fourth-order valence-corrected chi connectivity index (χ4v) is 4.69. The number of rotatable bonds is 3. The van der Waals surface area contributed by atoms with Crippen LogP contribution in [0.3, 0.4) is 0 Å². The van der Waals surface area contributed by atoms with Gasteiger partial charge in [-0.05, 0) is 42.8 Å². The van der Waals surface area contributed by atoms with Crippen LogP contribution in [0.2, 0.25) is 0 Å². The zero-order valence-corrected chi connectivity index (χ0v) is 14.8. The van der Waals surface area contributed by atoms with Crippen molar-refractivity contribution >= 4 is 17.2 Å². The molecular weight excluding hydrogens is 322 g/mol. The normalized spacial score (nSPS) is 24.0. The highest BCUT2D eigenvalue weighted by molar-refractivity contribution is 7.10. The smallest absolute Gasteiger partial charge is 0.225 e. The summed E-state index contributed by atoms with van der Waals surface area (Å²) in [6, 6.07) is 4.21. The molecule has 1 amide bonds. The molecule has 24 heavy (non-hydrogen) atoms. The molecule has 0 aliphatic carbocycles. The number of aromatic amines is 1. The Labute approximate surface area is 146 Å². The molecule has 4 heterocycles. The third kappa shape index (κ3) is 3.13. The van der Waals surface area contributed by atoms with Crippen molar-refractivity contribution in [1.82, 2.24) is 15.1 Å². The number of H-pyrrole nitrogens is 1. The first-order valence-corrected chi connectivity index (χ1v) is 9.56. The van der Waals surface area contributed by atoms with Crippen molar-refractivity contribution in [1.29, 1.82) is 0 Å². The molecule has 0 saturated carbocycles. The van der Waals surface area contributed by atoms with Gasteiger partial charge in [-0.3, -0.25) is 9.89 Å². The number of hydrogen-bond donors (Lipinski definition) is 1. The fourth-order valence-electron chi connectivity index (χ4n) is 3.77. The number of amides is 1. The minimum atomic E-state index is -0.0690. The first-order valence-electron chi connectivity index (χ1n) is 8.68. The Kier molecular flexibility index (Phi) is 4.41. The van der Waals surface area contributed by atoms with Gasteiger partial charge in [-0.2, -0.15) is 5.10 Å². The van der Waals surface area contributed by atoms with E-state index in [4.69, 9.17) is 4.74 Å². The van der Waals surface area contributed by atoms with Crippen LogP contribution in [0.4, 0.5) is 0 Å². The van der Waals surface area contributed by atoms with Crippen molar-refractivity contribution in [2.45, 2.75) is 44.6 Å². The number of hydrogen-bond acceptors (Lipinski definition) is 4. The average Bonchev–Trinajstić information content (AvgIpc) is 3.24. The topological polar surface area (TPSA) is 58.2 Å². The monoisotopic (exact) mass is 345 g/mol. The van der Waals surface area contributed by atoms with Gasteiger partial charge < -0.3 is 9.64 Å². The van der Waals surface area contributed by atoms with E-state index in [0.29, 0.717) is 12.3 Å². The van der Waals surface area contributed by atoms with Crippen LogP contribution < -0.4 is 0 Å². The number of carbonyl (C=O) groups is 1. The van der Waals surface area contributed by atoms with E-state index in [1.54, 1.807) is 11.3 Å². The number of nitrogens with zero attached hydrogens (tertiary/aromatic N) is 2. The van der Waals surface area contributed by atoms with E-state index < -0.39 is 0 Å². The molecule has 0 radical (unpaired) electrons. The second-order valence-electron chi connectivity index (χ2n) is 6.77. The highest BCUT2D eigenvalue weighted by atomic mass is 32.1. The number of piperidine rings is 1. The van der Waals surface area contributed by atoms with E-state index in [0.717, 1.165) is 50.3 Å². The predicted octanol–water partition coefficient (Wildman–Crippen LogP) is 3.19. The van der Waals surface area contributed by atoms with Crippen molar-refractivity contribution in [2.24, 2.45) is 0 Å². The summed E-state index contributed by atoms with van der Waals surface area (Å²) in [6.07, 6.45) is 3.50. The summed E-state index contributed by atoms with van der Waals surface area (Å²) in [5.74, 6) is 0.549. The van der Waals surface area contributed by atoms with Gasteiger partial charge in [-0.15, -0.1) is 11.3 Å². The molecule has 0 aromatic carbocycles. The molecule has 128 valence electrons. The van der Waals surface area contributed by atoms with Crippen LogP contribution in [-0.2, 0) is 16.0 Å². The number of thiophene rings is 1. The molecule has 1 fully saturated rings. The van der Waals surface area contributed by atoms with Crippen LogP contribution in [0.5, 0.6) is 0 Å². The van der Waals surface area contributed by atoms with Crippen LogP contribution >= 0.6 is 11.3 Å². The summed E-state index contributed by atoms with van der Waals surface area (Å²) >= 11 is 1.78. The van der Waals surface area contributed by atoms with Gasteiger partial charge in [0, 0.05) is 36.0 Å². The summed E-state index contributed by atoms with van der Waals surface area (Å²) in [7, 11) is 0. The Bertz CT molecular complexity index is 723. The van der Waals surface area contributed by atoms with Crippen molar-refractivity contribution in [3.05, 3.63) is 39.3 Å². The standard InChI is InChI=1S/C18H23N3O2S/c1-12-9-15(20-19-12)13-3-2-6-21(11-13)18(22)10-16-14-5-8-24-17(14)4-7-23-16/h5,8-9,13,16H,2-4,6-7,10-11H2,1H3,(H,19,20)/t13-,16-/m0/s1. The zero-order chi connectivity index (χ0) is 16.5. The Hall–Kier alpha value is -1.66. The summed E-state index contributed by atoms with van der Waals surface area (Å²) < 4.78 is 5.88. The first kappa shape index (κ1) is 15.8. The van der Waals surface area contributed by atoms with E-state index in [1.165, 1.54) is 10.4 Å². The molecule has 0 bridgehead atoms. The summed E-state index contributed by atoms with van der Waals surface area (Å²) in [4.78, 5) is 16.2. The Morgan fingerprint density at radius 1 is 1.54 bits per heavy atom. The minimum Gasteiger partial charge on any atom is -0.373 e. The van der Waals surface area contributed by atoms with E-state index in [1.807, 2.05) is 11.8 Å². The number of ether oxygens (including phenoxy) is 1. The predicted molar refractivity (Wildman–Crippen MR) is 93.2 cm³/mol. The number of carbonyl (C=O) groups excluding carboxylic acids is 1. The minimum absolute atomic E-state index is 0.0690. The second kappa shape index (κ2) is 6.69. The molecule has 4 rings (SSSR count). The molecule has 6 heteroatoms. The van der Waals surface area contributed by atoms with Crippen molar-refractivity contribution in [2.75, 3.05) is 19.7 Å². The zero-order valence-electron chi connectivity index (χ0n) is 14.0. The number of aryl methyl sites for hydroxylation is 1. The Morgan fingerprint density at radius 3 is 3.29 bits per heavy atom. The van der Waals surface area contributed by atoms with Crippen LogP contribution in [0.1, 0.15) is 53.1 Å². The lowest BCUT2D eigenvalue weighted by Crippen LogP contribution is -2.40. The van der Waals surface area contributed by atoms with Gasteiger partial charge in [0.2, 0.25) is 5.91 Å². The molecule has 1 N–H and O–H groups in total. The molecule has 1 saturated heterocycles. The quantitative estimate of drug-likeness (QED) is 0.929. The van der Waals surface area contributed by atoms with Crippen molar-refractivity contribution < 1.29 is 9.53 Å². The molecule has 2 aromatic heterocycles. The van der Waals surface area contributed by atoms with E-state index in [9.17, 15) is 4.79 Å². The largest absolute Gasteiger partial charge is 0.373 e. The number of aromatic nitrogens is 2. The molecule has 0 spiro atoms. The van der Waals surface area contributed by atoms with Crippen LogP contribution in [-0.4, -0.2) is 40.7 Å². The van der Waals surface area contributed by atoms with Gasteiger partial charge >= 0.3 is 0 Å². The van der Waals surface area contributed by atoms with Gasteiger partial charge in [-0.1, -0.05) is 0 Å². The SMILES string of the molecule is Cc1cc([C@H]2CCCN(C(=O)C[C@@H]3OCCc4sccc43)C2)n[nH]1. The molecule has 2 aromatic rings. The lowest BCUT2D eigenvalue weighted by atomic mass is 9.94. The van der Waals surface area contributed by atoms with Crippen LogP contribution in [0, 0.1) is 6.92 Å². The maximum Gasteiger partial charge on any atom is 0.225 e. The Morgan fingerprint density at radius 2 is 2.46 bits per heavy atom. The maximum absolute atomic E-state index is 12.8. The highest BCUT2D eigenvalue weighted by Gasteiger charge is 2.30. The maximum atomic E-state index is 12.8. The van der Waals surface area contributed by atoms with Gasteiger partial charge in [-0.25, -0.2) is 0 Å². The van der Waals surface area contributed by atoms with Gasteiger partial charge in [0.15, 0.2) is 0 Å². The van der Waals surface area contributed by atoms with Gasteiger partial charge in [0.1, 0.15) is 0 Å². The average molecular weight is 345 g/mol. The summed E-state index contributed by atoms with van der Waals surface area (Å²) in [5.41, 5.74) is 3.38. The lowest BCUT2D eigenvalue weighted by Gasteiger charge is -2.33. The van der Waals surface area contributed by atoms with Crippen molar-refractivity contribution in [3.8, 4) is 0 Å². The molecular formula is C18H23N3O2S. The number of nitrogens with one attached hydrogen (secondary N) is 1. The van der Waals surface area contributed by atoms with E-state index in [-0.39, 0.29) is 12.0 Å². The van der Waals surface area contributed by atoms with Crippen molar-refractivity contribution in [3.63, 3.8) is 0 Å². The van der Waals surface area contributed by atoms with E-state index >= 15 is 0 Å². The molecule has 0 unspecified atom stereocenters.